The minimum Gasteiger partial charge on any atom is -0.470 e. The Bertz CT molecular complexity index is 190. The van der Waals surface area contributed by atoms with Crippen LogP contribution in [0.2, 0.25) is 0 Å². The normalized spacial score (nSPS) is 12.7. The van der Waals surface area contributed by atoms with Crippen LogP contribution in [0.1, 0.15) is 27.7 Å². The van der Waals surface area contributed by atoms with Crippen LogP contribution in [0.5, 0.6) is 0 Å². The van der Waals surface area contributed by atoms with Crippen molar-refractivity contribution in [1.82, 2.24) is 0 Å². The summed E-state index contributed by atoms with van der Waals surface area (Å²) in [4.78, 5) is 0. The van der Waals surface area contributed by atoms with Gasteiger partial charge in [-0.3, -0.25) is 0 Å². The quantitative estimate of drug-likeness (QED) is 0.463. The molecule has 0 amide bonds. The van der Waals surface area contributed by atoms with Gasteiger partial charge < -0.3 is 22.4 Å². The van der Waals surface area contributed by atoms with E-state index in [1.807, 2.05) is 27.7 Å². The maximum Gasteiger partial charge on any atom is 0.751 e. The van der Waals surface area contributed by atoms with Crippen LogP contribution >= 0.6 is 0 Å². The topological polar surface area (TPSA) is 46.2 Å². The van der Waals surface area contributed by atoms with Crippen molar-refractivity contribution in [3.05, 3.63) is 12.0 Å². The van der Waals surface area contributed by atoms with Gasteiger partial charge in [0, 0.05) is 19.8 Å². The van der Waals surface area contributed by atoms with Crippen LogP contribution in [0, 0.1) is 0 Å². The number of rotatable bonds is 9. The number of hydrogen-bond donors (Lipinski definition) is 0. The van der Waals surface area contributed by atoms with Gasteiger partial charge in [-0.25, -0.2) is 0 Å². The van der Waals surface area contributed by atoms with Gasteiger partial charge in [-0.1, -0.05) is 0 Å². The lowest BCUT2D eigenvalue weighted by molar-refractivity contribution is -0.0371. The van der Waals surface area contributed by atoms with Crippen LogP contribution in [0.25, 0.3) is 0 Å². The Balaban J connectivity index is 4.70. The Morgan fingerprint density at radius 1 is 1.00 bits per heavy atom. The molecule has 0 N–H and O–H groups in total. The van der Waals surface area contributed by atoms with Gasteiger partial charge >= 0.3 is 9.05 Å². The Kier molecular flexibility index (Phi) is 8.27. The van der Waals surface area contributed by atoms with Crippen molar-refractivity contribution >= 4 is 9.05 Å². The lowest BCUT2D eigenvalue weighted by Crippen LogP contribution is -2.49. The van der Waals surface area contributed by atoms with Crippen LogP contribution in [-0.4, -0.2) is 36.0 Å². The van der Waals surface area contributed by atoms with Crippen molar-refractivity contribution in [3.8, 4) is 0 Å². The van der Waals surface area contributed by atoms with Gasteiger partial charge in [0.2, 0.25) is 0 Å². The molecule has 0 aromatic carbocycles. The Morgan fingerprint density at radius 3 is 1.69 bits per heavy atom. The molecule has 0 spiro atoms. The molecule has 6 heteroatoms. The summed E-state index contributed by atoms with van der Waals surface area (Å²) in [5.74, 6) is 0.349. The highest BCUT2D eigenvalue weighted by Gasteiger charge is 2.48. The molecule has 0 aromatic heterocycles. The van der Waals surface area contributed by atoms with E-state index in [-0.39, 0.29) is 0 Å². The number of hydrogen-bond acceptors (Lipinski definition) is 5. The summed E-state index contributed by atoms with van der Waals surface area (Å²) in [6.45, 7) is 8.80. The van der Waals surface area contributed by atoms with Gasteiger partial charge in [0.05, 0.1) is 7.11 Å². The summed E-state index contributed by atoms with van der Waals surface area (Å²) in [6, 6.07) is 0. The van der Waals surface area contributed by atoms with Crippen LogP contribution in [0.15, 0.2) is 12.0 Å². The van der Waals surface area contributed by atoms with E-state index in [1.54, 1.807) is 6.08 Å². The van der Waals surface area contributed by atoms with E-state index >= 15 is 0 Å². The molecule has 0 aliphatic carbocycles. The predicted octanol–water partition coefficient (Wildman–Crippen LogP) is 2.06. The molecule has 0 radical (unpaired) electrons. The van der Waals surface area contributed by atoms with Crippen molar-refractivity contribution in [2.75, 3.05) is 26.9 Å². The maximum atomic E-state index is 5.57. The van der Waals surface area contributed by atoms with Crippen molar-refractivity contribution < 1.29 is 22.4 Å². The summed E-state index contributed by atoms with van der Waals surface area (Å²) in [6.07, 6.45) is 1.69. The first kappa shape index (κ1) is 15.4. The molecule has 0 aliphatic rings. The third-order valence-corrected chi connectivity index (χ3v) is 4.00. The highest BCUT2D eigenvalue weighted by atomic mass is 28.4. The van der Waals surface area contributed by atoms with Gasteiger partial charge in [-0.05, 0) is 33.8 Å². The molecule has 0 heterocycles. The second-order valence-electron chi connectivity index (χ2n) is 2.71. The standard InChI is InChI=1S/C10H22O5Si/c1-6-10(11-5)15-16(12-7-2,13-8-3)14-9-4/h6H,7-9H2,1-5H3. The summed E-state index contributed by atoms with van der Waals surface area (Å²) in [7, 11) is -1.57. The fourth-order valence-corrected chi connectivity index (χ4v) is 3.02. The highest BCUT2D eigenvalue weighted by Crippen LogP contribution is 2.16. The average molecular weight is 250 g/mol. The lowest BCUT2D eigenvalue weighted by Gasteiger charge is -2.27. The first-order valence-electron chi connectivity index (χ1n) is 5.49. The smallest absolute Gasteiger partial charge is 0.470 e. The van der Waals surface area contributed by atoms with E-state index in [4.69, 9.17) is 22.4 Å². The average Bonchev–Trinajstić information content (AvgIpc) is 2.27. The van der Waals surface area contributed by atoms with Crippen LogP contribution in [0.3, 0.4) is 0 Å². The van der Waals surface area contributed by atoms with E-state index in [0.29, 0.717) is 25.8 Å². The zero-order valence-electron chi connectivity index (χ0n) is 10.7. The molecule has 0 aromatic rings. The summed E-state index contributed by atoms with van der Waals surface area (Å²) >= 11 is 0. The van der Waals surface area contributed by atoms with Gasteiger partial charge in [0.1, 0.15) is 0 Å². The third kappa shape index (κ3) is 4.98. The van der Waals surface area contributed by atoms with Gasteiger partial charge in [-0.15, -0.1) is 0 Å². The van der Waals surface area contributed by atoms with Crippen LogP contribution < -0.4 is 0 Å². The first-order chi connectivity index (χ1) is 7.67. The van der Waals surface area contributed by atoms with E-state index in [9.17, 15) is 0 Å². The van der Waals surface area contributed by atoms with Crippen molar-refractivity contribution in [1.29, 1.82) is 0 Å². The predicted molar refractivity (Wildman–Crippen MR) is 62.5 cm³/mol. The number of methoxy groups -OCH3 is 1. The van der Waals surface area contributed by atoms with Crippen molar-refractivity contribution in [2.45, 2.75) is 27.7 Å². The fraction of sp³-hybridized carbons (Fsp3) is 0.800. The van der Waals surface area contributed by atoms with Crippen LogP contribution in [-0.2, 0) is 22.4 Å². The molecule has 5 nitrogen and oxygen atoms in total. The molecule has 0 atom stereocenters. The lowest BCUT2D eigenvalue weighted by atomic mass is 10.7. The molecule has 0 saturated carbocycles. The molecule has 0 bridgehead atoms. The molecular weight excluding hydrogens is 228 g/mol. The summed E-state index contributed by atoms with van der Waals surface area (Å²) < 4.78 is 27.1. The second kappa shape index (κ2) is 8.57. The second-order valence-corrected chi connectivity index (χ2v) is 4.78. The number of allylic oxidation sites excluding steroid dienone is 1. The van der Waals surface area contributed by atoms with Gasteiger partial charge in [-0.2, -0.15) is 0 Å². The van der Waals surface area contributed by atoms with E-state index in [2.05, 4.69) is 0 Å². The molecule has 0 fully saturated rings. The maximum absolute atomic E-state index is 5.57. The molecular formula is C10H22O5Si. The molecule has 0 rings (SSSR count). The zero-order valence-corrected chi connectivity index (χ0v) is 11.7. The van der Waals surface area contributed by atoms with Gasteiger partial charge in [0.15, 0.2) is 0 Å². The molecule has 16 heavy (non-hydrogen) atoms. The first-order valence-corrected chi connectivity index (χ1v) is 7.12. The number of ether oxygens (including phenoxy) is 1. The highest BCUT2D eigenvalue weighted by molar-refractivity contribution is 6.53. The summed E-state index contributed by atoms with van der Waals surface area (Å²) in [5.41, 5.74) is 0. The van der Waals surface area contributed by atoms with Crippen molar-refractivity contribution in [3.63, 3.8) is 0 Å². The zero-order chi connectivity index (χ0) is 12.4. The third-order valence-electron chi connectivity index (χ3n) is 1.63. The Morgan fingerprint density at radius 2 is 1.44 bits per heavy atom. The van der Waals surface area contributed by atoms with Crippen LogP contribution in [0.4, 0.5) is 0 Å². The largest absolute Gasteiger partial charge is 0.751 e. The Hall–Kier alpha value is -0.563. The molecule has 96 valence electrons. The minimum absolute atomic E-state index is 0.349. The molecule has 0 saturated heterocycles. The van der Waals surface area contributed by atoms with Gasteiger partial charge in [0.25, 0.3) is 5.95 Å². The molecule has 0 aliphatic heterocycles. The monoisotopic (exact) mass is 250 g/mol. The molecule has 0 unspecified atom stereocenters. The Labute approximate surface area is 98.8 Å². The summed E-state index contributed by atoms with van der Waals surface area (Å²) in [5, 5.41) is 0. The SMILES string of the molecule is CC=C(OC)O[Si](OCC)(OCC)OCC. The van der Waals surface area contributed by atoms with E-state index < -0.39 is 9.05 Å². The fourth-order valence-electron chi connectivity index (χ4n) is 1.09. The van der Waals surface area contributed by atoms with Crippen molar-refractivity contribution in [2.24, 2.45) is 0 Å². The minimum atomic E-state index is -3.09. The van der Waals surface area contributed by atoms with E-state index in [0.717, 1.165) is 0 Å². The van der Waals surface area contributed by atoms with E-state index in [1.165, 1.54) is 7.11 Å².